The fourth-order valence-corrected chi connectivity index (χ4v) is 3.94. The molecule has 2 fully saturated rings. The molecule has 3 atom stereocenters. The van der Waals surface area contributed by atoms with Gasteiger partial charge in [-0.1, -0.05) is 13.8 Å². The van der Waals surface area contributed by atoms with Gasteiger partial charge >= 0.3 is 12.0 Å². The van der Waals surface area contributed by atoms with E-state index in [1.165, 1.54) is 0 Å². The first kappa shape index (κ1) is 13.5. The summed E-state index contributed by atoms with van der Waals surface area (Å²) in [5.41, 5.74) is 0. The lowest BCUT2D eigenvalue weighted by atomic mass is 10.2. The maximum absolute atomic E-state index is 12.5. The normalized spacial score (nSPS) is 32.0. The summed E-state index contributed by atoms with van der Waals surface area (Å²) >= 11 is 1.57. The van der Waals surface area contributed by atoms with E-state index in [9.17, 15) is 14.7 Å². The number of hydrogen-bond donors (Lipinski definition) is 1. The molecular formula is C12H20N2O3S. The van der Waals surface area contributed by atoms with Gasteiger partial charge in [-0.3, -0.25) is 4.90 Å². The van der Waals surface area contributed by atoms with E-state index in [4.69, 9.17) is 0 Å². The fraction of sp³-hybridized carbons (Fsp3) is 0.833. The summed E-state index contributed by atoms with van der Waals surface area (Å²) in [4.78, 5) is 27.1. The van der Waals surface area contributed by atoms with Crippen molar-refractivity contribution >= 4 is 23.8 Å². The quantitative estimate of drug-likeness (QED) is 0.831. The van der Waals surface area contributed by atoms with Gasteiger partial charge in [0.1, 0.15) is 6.04 Å². The van der Waals surface area contributed by atoms with Crippen LogP contribution in [0.1, 0.15) is 26.7 Å². The van der Waals surface area contributed by atoms with Gasteiger partial charge in [0.15, 0.2) is 0 Å². The van der Waals surface area contributed by atoms with E-state index in [0.29, 0.717) is 11.7 Å². The van der Waals surface area contributed by atoms with Crippen molar-refractivity contribution in [2.75, 3.05) is 18.8 Å². The molecule has 3 unspecified atom stereocenters. The average molecular weight is 272 g/mol. The Morgan fingerprint density at radius 3 is 2.67 bits per heavy atom. The molecule has 0 aromatic rings. The van der Waals surface area contributed by atoms with Crippen LogP contribution in [0.25, 0.3) is 0 Å². The van der Waals surface area contributed by atoms with E-state index >= 15 is 0 Å². The Kier molecular flexibility index (Phi) is 4.04. The van der Waals surface area contributed by atoms with E-state index in [0.717, 1.165) is 25.9 Å². The van der Waals surface area contributed by atoms with Crippen molar-refractivity contribution in [1.82, 2.24) is 9.80 Å². The van der Waals surface area contributed by atoms with Crippen molar-refractivity contribution in [1.29, 1.82) is 0 Å². The maximum Gasteiger partial charge on any atom is 0.327 e. The SMILES string of the molecule is CCC1SCC(C(=O)O)N1C(=O)N1CCC(C)C1. The molecular weight excluding hydrogens is 252 g/mol. The van der Waals surface area contributed by atoms with Crippen molar-refractivity contribution in [2.45, 2.75) is 38.1 Å². The number of aliphatic carboxylic acids is 1. The van der Waals surface area contributed by atoms with Crippen LogP contribution in [0.15, 0.2) is 0 Å². The minimum atomic E-state index is -0.890. The molecule has 0 aromatic carbocycles. The number of rotatable bonds is 2. The number of thioether (sulfide) groups is 1. The van der Waals surface area contributed by atoms with Crippen LogP contribution in [-0.2, 0) is 4.79 Å². The Hall–Kier alpha value is -0.910. The van der Waals surface area contributed by atoms with E-state index in [-0.39, 0.29) is 11.4 Å². The molecule has 2 heterocycles. The van der Waals surface area contributed by atoms with Crippen LogP contribution >= 0.6 is 11.8 Å². The first-order valence-electron chi connectivity index (χ1n) is 6.46. The molecule has 18 heavy (non-hydrogen) atoms. The van der Waals surface area contributed by atoms with Crippen LogP contribution in [-0.4, -0.2) is 57.2 Å². The number of hydrogen-bond acceptors (Lipinski definition) is 3. The highest BCUT2D eigenvalue weighted by atomic mass is 32.2. The van der Waals surface area contributed by atoms with Crippen molar-refractivity contribution in [3.63, 3.8) is 0 Å². The lowest BCUT2D eigenvalue weighted by Crippen LogP contribution is -2.51. The van der Waals surface area contributed by atoms with E-state index in [2.05, 4.69) is 6.92 Å². The first-order chi connectivity index (χ1) is 8.54. The fourth-order valence-electron chi connectivity index (χ4n) is 2.60. The number of carboxylic acid groups (broad SMARTS) is 1. The number of urea groups is 1. The number of carbonyl (C=O) groups is 2. The zero-order valence-electron chi connectivity index (χ0n) is 10.8. The first-order valence-corrected chi connectivity index (χ1v) is 7.51. The summed E-state index contributed by atoms with van der Waals surface area (Å²) in [6, 6.07) is -0.757. The zero-order valence-corrected chi connectivity index (χ0v) is 11.7. The topological polar surface area (TPSA) is 60.9 Å². The third-order valence-corrected chi connectivity index (χ3v) is 5.10. The third-order valence-electron chi connectivity index (χ3n) is 3.64. The van der Waals surface area contributed by atoms with Crippen molar-refractivity contribution < 1.29 is 14.7 Å². The van der Waals surface area contributed by atoms with Gasteiger partial charge in [0, 0.05) is 18.8 Å². The number of amides is 2. The number of likely N-dealkylation sites (tertiary alicyclic amines) is 1. The molecule has 0 aromatic heterocycles. The minimum absolute atomic E-state index is 0.00880. The van der Waals surface area contributed by atoms with Crippen LogP contribution in [0.5, 0.6) is 0 Å². The second-order valence-electron chi connectivity index (χ2n) is 5.08. The van der Waals surface area contributed by atoms with Gasteiger partial charge in [0.2, 0.25) is 0 Å². The number of nitrogens with zero attached hydrogens (tertiary/aromatic N) is 2. The molecule has 2 saturated heterocycles. The number of carbonyl (C=O) groups excluding carboxylic acids is 1. The van der Waals surface area contributed by atoms with Gasteiger partial charge in [0.25, 0.3) is 0 Å². The monoisotopic (exact) mass is 272 g/mol. The van der Waals surface area contributed by atoms with Crippen LogP contribution in [0.3, 0.4) is 0 Å². The van der Waals surface area contributed by atoms with Crippen molar-refractivity contribution in [3.8, 4) is 0 Å². The summed E-state index contributed by atoms with van der Waals surface area (Å²) in [5, 5.41) is 9.22. The second-order valence-corrected chi connectivity index (χ2v) is 6.29. The molecule has 6 heteroatoms. The largest absolute Gasteiger partial charge is 0.480 e. The third kappa shape index (κ3) is 2.43. The van der Waals surface area contributed by atoms with Gasteiger partial charge in [-0.2, -0.15) is 0 Å². The molecule has 2 aliphatic heterocycles. The molecule has 5 nitrogen and oxygen atoms in total. The van der Waals surface area contributed by atoms with Crippen LogP contribution < -0.4 is 0 Å². The molecule has 2 amide bonds. The summed E-state index contributed by atoms with van der Waals surface area (Å²) in [7, 11) is 0. The average Bonchev–Trinajstić information content (AvgIpc) is 2.93. The molecule has 0 spiro atoms. The smallest absolute Gasteiger partial charge is 0.327 e. The summed E-state index contributed by atoms with van der Waals surface area (Å²) in [6.45, 7) is 5.62. The molecule has 1 N–H and O–H groups in total. The highest BCUT2D eigenvalue weighted by molar-refractivity contribution is 8.00. The van der Waals surface area contributed by atoms with Gasteiger partial charge in [-0.15, -0.1) is 11.8 Å². The van der Waals surface area contributed by atoms with Gasteiger partial charge in [-0.25, -0.2) is 9.59 Å². The standard InChI is InChI=1S/C12H20N2O3S/c1-3-10-14(9(7-18-10)11(15)16)12(17)13-5-4-8(2)6-13/h8-10H,3-7H2,1-2H3,(H,15,16). The van der Waals surface area contributed by atoms with Gasteiger partial charge in [-0.05, 0) is 18.8 Å². The second kappa shape index (κ2) is 5.38. The summed E-state index contributed by atoms with van der Waals surface area (Å²) in [5.74, 6) is 0.134. The van der Waals surface area contributed by atoms with Crippen LogP contribution in [0, 0.1) is 5.92 Å². The highest BCUT2D eigenvalue weighted by Crippen LogP contribution is 2.33. The molecule has 102 valence electrons. The lowest BCUT2D eigenvalue weighted by molar-refractivity contribution is -0.141. The van der Waals surface area contributed by atoms with Crippen molar-refractivity contribution in [3.05, 3.63) is 0 Å². The predicted octanol–water partition coefficient (Wildman–Crippen LogP) is 1.69. The minimum Gasteiger partial charge on any atom is -0.480 e. The Morgan fingerprint density at radius 2 is 2.17 bits per heavy atom. The molecule has 2 aliphatic rings. The van der Waals surface area contributed by atoms with Crippen LogP contribution in [0.4, 0.5) is 4.79 Å². The Labute approximate surface area is 112 Å². The van der Waals surface area contributed by atoms with E-state index < -0.39 is 12.0 Å². The van der Waals surface area contributed by atoms with Crippen LogP contribution in [0.2, 0.25) is 0 Å². The zero-order chi connectivity index (χ0) is 13.3. The molecule has 0 bridgehead atoms. The highest BCUT2D eigenvalue weighted by Gasteiger charge is 2.43. The Bertz CT molecular complexity index is 350. The molecule has 0 saturated carbocycles. The van der Waals surface area contributed by atoms with Crippen molar-refractivity contribution in [2.24, 2.45) is 5.92 Å². The summed E-state index contributed by atoms with van der Waals surface area (Å²) in [6.07, 6.45) is 1.81. The predicted molar refractivity (Wildman–Crippen MR) is 70.5 cm³/mol. The Morgan fingerprint density at radius 1 is 1.44 bits per heavy atom. The van der Waals surface area contributed by atoms with E-state index in [1.807, 2.05) is 6.92 Å². The lowest BCUT2D eigenvalue weighted by Gasteiger charge is -2.31. The van der Waals surface area contributed by atoms with Gasteiger partial charge < -0.3 is 10.0 Å². The molecule has 0 radical (unpaired) electrons. The van der Waals surface area contributed by atoms with E-state index in [1.54, 1.807) is 21.6 Å². The molecule has 0 aliphatic carbocycles. The van der Waals surface area contributed by atoms with Gasteiger partial charge in [0.05, 0.1) is 5.37 Å². The maximum atomic E-state index is 12.5. The summed E-state index contributed by atoms with van der Waals surface area (Å²) < 4.78 is 0. The molecule has 2 rings (SSSR count). The number of carboxylic acids is 1. The Balaban J connectivity index is 2.11.